The molecule has 5 heteroatoms. The summed E-state index contributed by atoms with van der Waals surface area (Å²) in [6.07, 6.45) is 0. The molecule has 19 heavy (non-hydrogen) atoms. The van der Waals surface area contributed by atoms with Gasteiger partial charge in [0.1, 0.15) is 0 Å². The summed E-state index contributed by atoms with van der Waals surface area (Å²) >= 11 is 0. The first-order chi connectivity index (χ1) is 8.97. The molecule has 2 aromatic rings. The van der Waals surface area contributed by atoms with E-state index in [2.05, 4.69) is 42.4 Å². The van der Waals surface area contributed by atoms with E-state index >= 15 is 0 Å². The number of anilines is 1. The Balaban J connectivity index is 2.33. The minimum Gasteiger partial charge on any atom is -0.399 e. The Morgan fingerprint density at radius 3 is 2.58 bits per heavy atom. The molecule has 0 aliphatic rings. The van der Waals surface area contributed by atoms with Gasteiger partial charge in [-0.1, -0.05) is 20.8 Å². The second-order valence-corrected chi connectivity index (χ2v) is 5.54. The van der Waals surface area contributed by atoms with Crippen molar-refractivity contribution in [1.82, 2.24) is 20.2 Å². The average Bonchev–Trinajstić information content (AvgIpc) is 2.75. The fourth-order valence-corrected chi connectivity index (χ4v) is 1.96. The number of nitrogen functional groups attached to an aromatic ring is 1. The summed E-state index contributed by atoms with van der Waals surface area (Å²) in [5.41, 5.74) is 8.71. The fourth-order valence-electron chi connectivity index (χ4n) is 1.96. The Kier molecular flexibility index (Phi) is 3.83. The van der Waals surface area contributed by atoms with Crippen LogP contribution in [0.2, 0.25) is 0 Å². The first kappa shape index (κ1) is 13.5. The summed E-state index contributed by atoms with van der Waals surface area (Å²) in [7, 11) is 0. The maximum atomic E-state index is 5.89. The minimum atomic E-state index is 0.518. The summed E-state index contributed by atoms with van der Waals surface area (Å²) in [4.78, 5) is 0. The van der Waals surface area contributed by atoms with Crippen molar-refractivity contribution in [2.24, 2.45) is 11.8 Å². The van der Waals surface area contributed by atoms with Gasteiger partial charge in [0, 0.05) is 17.8 Å². The number of aryl methyl sites for hydroxylation is 1. The SMILES string of the molecule is Cc1cc(N)cc(-c2nnnn2CC(C)C(C)C)c1. The Labute approximate surface area is 113 Å². The molecule has 102 valence electrons. The van der Waals surface area contributed by atoms with Gasteiger partial charge >= 0.3 is 0 Å². The Morgan fingerprint density at radius 1 is 1.21 bits per heavy atom. The third-order valence-electron chi connectivity index (χ3n) is 3.49. The average molecular weight is 259 g/mol. The molecule has 0 amide bonds. The predicted molar refractivity (Wildman–Crippen MR) is 76.4 cm³/mol. The zero-order valence-corrected chi connectivity index (χ0v) is 12.0. The van der Waals surface area contributed by atoms with E-state index in [1.807, 2.05) is 23.7 Å². The Hall–Kier alpha value is -1.91. The van der Waals surface area contributed by atoms with Crippen molar-refractivity contribution < 1.29 is 0 Å². The standard InChI is InChI=1S/C14H21N5/c1-9(2)11(4)8-19-14(16-17-18-19)12-5-10(3)6-13(15)7-12/h5-7,9,11H,8,15H2,1-4H3. The number of rotatable bonds is 4. The summed E-state index contributed by atoms with van der Waals surface area (Å²) in [5, 5.41) is 12.0. The molecule has 1 aromatic carbocycles. The molecule has 0 bridgehead atoms. The van der Waals surface area contributed by atoms with E-state index < -0.39 is 0 Å². The summed E-state index contributed by atoms with van der Waals surface area (Å²) in [6.45, 7) is 9.46. The zero-order chi connectivity index (χ0) is 14.0. The van der Waals surface area contributed by atoms with E-state index in [1.165, 1.54) is 0 Å². The fraction of sp³-hybridized carbons (Fsp3) is 0.500. The lowest BCUT2D eigenvalue weighted by molar-refractivity contribution is 0.347. The first-order valence-electron chi connectivity index (χ1n) is 6.61. The minimum absolute atomic E-state index is 0.518. The second kappa shape index (κ2) is 5.38. The maximum Gasteiger partial charge on any atom is 0.182 e. The molecular formula is C14H21N5. The molecule has 2 rings (SSSR count). The van der Waals surface area contributed by atoms with E-state index in [9.17, 15) is 0 Å². The van der Waals surface area contributed by atoms with Crippen LogP contribution >= 0.6 is 0 Å². The molecule has 0 fully saturated rings. The number of hydrogen-bond donors (Lipinski definition) is 1. The molecule has 1 atom stereocenters. The van der Waals surface area contributed by atoms with Gasteiger partial charge in [-0.25, -0.2) is 4.68 Å². The van der Waals surface area contributed by atoms with E-state index in [4.69, 9.17) is 5.73 Å². The van der Waals surface area contributed by atoms with Gasteiger partial charge in [-0.3, -0.25) is 0 Å². The van der Waals surface area contributed by atoms with Crippen molar-refractivity contribution in [2.45, 2.75) is 34.2 Å². The molecule has 1 heterocycles. The van der Waals surface area contributed by atoms with Crippen LogP contribution in [0.25, 0.3) is 11.4 Å². The molecule has 0 aliphatic carbocycles. The van der Waals surface area contributed by atoms with Crippen molar-refractivity contribution in [3.63, 3.8) is 0 Å². The Morgan fingerprint density at radius 2 is 1.95 bits per heavy atom. The molecule has 5 nitrogen and oxygen atoms in total. The molecule has 1 aromatic heterocycles. The normalized spacial score (nSPS) is 12.9. The largest absolute Gasteiger partial charge is 0.399 e. The van der Waals surface area contributed by atoms with Crippen molar-refractivity contribution in [1.29, 1.82) is 0 Å². The summed E-state index contributed by atoms with van der Waals surface area (Å²) in [6, 6.07) is 5.90. The van der Waals surface area contributed by atoms with Crippen molar-refractivity contribution in [2.75, 3.05) is 5.73 Å². The highest BCUT2D eigenvalue weighted by atomic mass is 15.5. The van der Waals surface area contributed by atoms with Crippen LogP contribution in [-0.2, 0) is 6.54 Å². The number of hydrogen-bond acceptors (Lipinski definition) is 4. The molecule has 1 unspecified atom stereocenters. The van der Waals surface area contributed by atoms with Crippen molar-refractivity contribution in [3.8, 4) is 11.4 Å². The van der Waals surface area contributed by atoms with Crippen LogP contribution in [0.15, 0.2) is 18.2 Å². The van der Waals surface area contributed by atoms with Gasteiger partial charge in [-0.05, 0) is 52.9 Å². The molecule has 2 N–H and O–H groups in total. The first-order valence-corrected chi connectivity index (χ1v) is 6.61. The van der Waals surface area contributed by atoms with E-state index in [0.29, 0.717) is 11.8 Å². The van der Waals surface area contributed by atoms with Crippen LogP contribution in [-0.4, -0.2) is 20.2 Å². The van der Waals surface area contributed by atoms with Crippen LogP contribution in [0.5, 0.6) is 0 Å². The number of nitrogens with two attached hydrogens (primary N) is 1. The topological polar surface area (TPSA) is 69.6 Å². The van der Waals surface area contributed by atoms with Gasteiger partial charge in [-0.2, -0.15) is 0 Å². The smallest absolute Gasteiger partial charge is 0.182 e. The number of aromatic nitrogens is 4. The molecule has 0 saturated carbocycles. The number of nitrogens with zero attached hydrogens (tertiary/aromatic N) is 4. The van der Waals surface area contributed by atoms with Crippen LogP contribution in [0.3, 0.4) is 0 Å². The number of tetrazole rings is 1. The van der Waals surface area contributed by atoms with Gasteiger partial charge in [0.05, 0.1) is 0 Å². The highest BCUT2D eigenvalue weighted by Gasteiger charge is 2.14. The highest BCUT2D eigenvalue weighted by Crippen LogP contribution is 2.22. The number of benzene rings is 1. The van der Waals surface area contributed by atoms with Gasteiger partial charge in [0.15, 0.2) is 5.82 Å². The van der Waals surface area contributed by atoms with E-state index in [0.717, 1.165) is 29.2 Å². The molecule has 0 aliphatic heterocycles. The third kappa shape index (κ3) is 3.10. The second-order valence-electron chi connectivity index (χ2n) is 5.54. The molecular weight excluding hydrogens is 238 g/mol. The highest BCUT2D eigenvalue weighted by molar-refractivity contribution is 5.62. The van der Waals surface area contributed by atoms with E-state index in [-0.39, 0.29) is 0 Å². The maximum absolute atomic E-state index is 5.89. The lowest BCUT2D eigenvalue weighted by atomic mass is 9.98. The molecule has 0 radical (unpaired) electrons. The van der Waals surface area contributed by atoms with Gasteiger partial charge in [0.25, 0.3) is 0 Å². The Bertz CT molecular complexity index is 538. The van der Waals surface area contributed by atoms with Crippen LogP contribution in [0.1, 0.15) is 26.3 Å². The van der Waals surface area contributed by atoms with Gasteiger partial charge in [0.2, 0.25) is 0 Å². The monoisotopic (exact) mass is 259 g/mol. The third-order valence-corrected chi connectivity index (χ3v) is 3.49. The van der Waals surface area contributed by atoms with Crippen LogP contribution in [0, 0.1) is 18.8 Å². The lowest BCUT2D eigenvalue weighted by Crippen LogP contribution is -2.15. The molecule has 0 saturated heterocycles. The van der Waals surface area contributed by atoms with Crippen LogP contribution < -0.4 is 5.73 Å². The zero-order valence-electron chi connectivity index (χ0n) is 12.0. The van der Waals surface area contributed by atoms with Crippen molar-refractivity contribution in [3.05, 3.63) is 23.8 Å². The quantitative estimate of drug-likeness (QED) is 0.856. The van der Waals surface area contributed by atoms with Gasteiger partial charge in [-0.15, -0.1) is 5.10 Å². The molecule has 0 spiro atoms. The predicted octanol–water partition coefficient (Wildman–Crippen LogP) is 2.52. The summed E-state index contributed by atoms with van der Waals surface area (Å²) in [5.74, 6) is 1.90. The lowest BCUT2D eigenvalue weighted by Gasteiger charge is -2.15. The van der Waals surface area contributed by atoms with E-state index in [1.54, 1.807) is 0 Å². The summed E-state index contributed by atoms with van der Waals surface area (Å²) < 4.78 is 1.86. The van der Waals surface area contributed by atoms with Crippen LogP contribution in [0.4, 0.5) is 5.69 Å². The van der Waals surface area contributed by atoms with Crippen molar-refractivity contribution >= 4 is 5.69 Å². The van der Waals surface area contributed by atoms with Gasteiger partial charge < -0.3 is 5.73 Å².